The summed E-state index contributed by atoms with van der Waals surface area (Å²) in [5.74, 6) is 1.10. The van der Waals surface area contributed by atoms with Gasteiger partial charge in [0.25, 0.3) is 0 Å². The summed E-state index contributed by atoms with van der Waals surface area (Å²) < 4.78 is 5.51. The van der Waals surface area contributed by atoms with Crippen molar-refractivity contribution < 1.29 is 9.21 Å². The molecule has 1 aromatic heterocycles. The molecule has 126 valence electrons. The Hall–Kier alpha value is -2.79. The van der Waals surface area contributed by atoms with Crippen molar-refractivity contribution in [2.24, 2.45) is 0 Å². The second kappa shape index (κ2) is 7.85. The summed E-state index contributed by atoms with van der Waals surface area (Å²) in [7, 11) is 0. The number of hydrogen-bond donors (Lipinski definition) is 1. The first-order valence-corrected chi connectivity index (χ1v) is 9.02. The van der Waals surface area contributed by atoms with Gasteiger partial charge in [-0.05, 0) is 55.2 Å². The molecular weight excluding hydrogens is 332 g/mol. The Bertz CT molecular complexity index is 898. The largest absolute Gasteiger partial charge is 0.441 e. The molecule has 3 aromatic rings. The van der Waals surface area contributed by atoms with Crippen LogP contribution in [0.15, 0.2) is 70.1 Å². The topological polar surface area (TPSA) is 55.1 Å². The second-order valence-electron chi connectivity index (χ2n) is 5.45. The van der Waals surface area contributed by atoms with Crippen molar-refractivity contribution in [1.82, 2.24) is 4.98 Å². The predicted octanol–water partition coefficient (Wildman–Crippen LogP) is 5.02. The van der Waals surface area contributed by atoms with E-state index in [0.29, 0.717) is 11.6 Å². The number of carbonyl (C=O) groups is 1. The molecule has 0 atom stereocenters. The standard InChI is InChI=1S/C20H18N2O2S/c1-14-13-21-20(24-14)16-4-3-5-17(12-16)22-19(23)11-8-15-6-9-18(25-2)10-7-15/h3-13H,1-2H3,(H,22,23)/b11-8+. The molecule has 25 heavy (non-hydrogen) atoms. The van der Waals surface area contributed by atoms with Crippen molar-refractivity contribution in [1.29, 1.82) is 0 Å². The van der Waals surface area contributed by atoms with E-state index in [2.05, 4.69) is 10.3 Å². The lowest BCUT2D eigenvalue weighted by Crippen LogP contribution is -2.07. The number of rotatable bonds is 5. The fourth-order valence-corrected chi connectivity index (χ4v) is 2.70. The summed E-state index contributed by atoms with van der Waals surface area (Å²) in [6, 6.07) is 15.5. The number of aryl methyl sites for hydroxylation is 1. The molecule has 0 saturated carbocycles. The van der Waals surface area contributed by atoms with E-state index < -0.39 is 0 Å². The number of oxazole rings is 1. The van der Waals surface area contributed by atoms with Crippen LogP contribution in [0.25, 0.3) is 17.5 Å². The monoisotopic (exact) mass is 350 g/mol. The minimum atomic E-state index is -0.185. The first-order chi connectivity index (χ1) is 12.1. The Kier molecular flexibility index (Phi) is 5.36. The molecule has 1 amide bonds. The van der Waals surface area contributed by atoms with E-state index in [1.165, 1.54) is 11.0 Å². The van der Waals surface area contributed by atoms with Gasteiger partial charge in [-0.3, -0.25) is 4.79 Å². The van der Waals surface area contributed by atoms with Crippen LogP contribution in [0.4, 0.5) is 5.69 Å². The van der Waals surface area contributed by atoms with Crippen molar-refractivity contribution in [3.05, 3.63) is 72.1 Å². The Morgan fingerprint density at radius 1 is 1.20 bits per heavy atom. The minimum absolute atomic E-state index is 0.185. The number of carbonyl (C=O) groups excluding carboxylic acids is 1. The number of nitrogens with one attached hydrogen (secondary N) is 1. The lowest BCUT2D eigenvalue weighted by atomic mass is 10.2. The fourth-order valence-electron chi connectivity index (χ4n) is 2.29. The number of hydrogen-bond acceptors (Lipinski definition) is 4. The van der Waals surface area contributed by atoms with Crippen molar-refractivity contribution in [2.75, 3.05) is 11.6 Å². The Morgan fingerprint density at radius 3 is 2.68 bits per heavy atom. The minimum Gasteiger partial charge on any atom is -0.441 e. The first kappa shape index (κ1) is 17.0. The maximum Gasteiger partial charge on any atom is 0.248 e. The van der Waals surface area contributed by atoms with Crippen LogP contribution in [0, 0.1) is 6.92 Å². The SMILES string of the molecule is CSc1ccc(/C=C/C(=O)Nc2cccc(-c3ncc(C)o3)c2)cc1. The van der Waals surface area contributed by atoms with Crippen LogP contribution in [0.1, 0.15) is 11.3 Å². The third kappa shape index (κ3) is 4.61. The van der Waals surface area contributed by atoms with Crippen LogP contribution in [-0.2, 0) is 4.79 Å². The zero-order valence-electron chi connectivity index (χ0n) is 14.0. The normalized spacial score (nSPS) is 11.0. The zero-order valence-corrected chi connectivity index (χ0v) is 14.8. The molecule has 5 heteroatoms. The van der Waals surface area contributed by atoms with Gasteiger partial charge in [0.05, 0.1) is 6.20 Å². The molecule has 2 aromatic carbocycles. The van der Waals surface area contributed by atoms with Crippen molar-refractivity contribution >= 4 is 29.4 Å². The maximum absolute atomic E-state index is 12.1. The first-order valence-electron chi connectivity index (χ1n) is 7.80. The van der Waals surface area contributed by atoms with Gasteiger partial charge in [-0.2, -0.15) is 0 Å². The highest BCUT2D eigenvalue weighted by atomic mass is 32.2. The lowest BCUT2D eigenvalue weighted by Gasteiger charge is -2.04. The van der Waals surface area contributed by atoms with Crippen molar-refractivity contribution in [3.8, 4) is 11.5 Å². The second-order valence-corrected chi connectivity index (χ2v) is 6.33. The molecule has 0 fully saturated rings. The van der Waals surface area contributed by atoms with Gasteiger partial charge in [0.2, 0.25) is 11.8 Å². The number of amides is 1. The van der Waals surface area contributed by atoms with Gasteiger partial charge < -0.3 is 9.73 Å². The lowest BCUT2D eigenvalue weighted by molar-refractivity contribution is -0.111. The van der Waals surface area contributed by atoms with E-state index in [9.17, 15) is 4.79 Å². The predicted molar refractivity (Wildman–Crippen MR) is 103 cm³/mol. The quantitative estimate of drug-likeness (QED) is 0.518. The van der Waals surface area contributed by atoms with Crippen LogP contribution < -0.4 is 5.32 Å². The van der Waals surface area contributed by atoms with Gasteiger partial charge in [0, 0.05) is 22.2 Å². The molecule has 0 spiro atoms. The Labute approximate surface area is 151 Å². The molecule has 0 bridgehead atoms. The molecule has 3 rings (SSSR count). The maximum atomic E-state index is 12.1. The van der Waals surface area contributed by atoms with Crippen LogP contribution in [0.5, 0.6) is 0 Å². The average Bonchev–Trinajstić information content (AvgIpc) is 3.07. The van der Waals surface area contributed by atoms with Crippen molar-refractivity contribution in [2.45, 2.75) is 11.8 Å². The molecule has 0 aliphatic rings. The zero-order chi connectivity index (χ0) is 17.6. The summed E-state index contributed by atoms with van der Waals surface area (Å²) in [5.41, 5.74) is 2.50. The molecular formula is C20H18N2O2S. The summed E-state index contributed by atoms with van der Waals surface area (Å²) in [6.45, 7) is 1.85. The molecule has 0 aliphatic heterocycles. The van der Waals surface area contributed by atoms with Gasteiger partial charge >= 0.3 is 0 Å². The highest BCUT2D eigenvalue weighted by Crippen LogP contribution is 2.22. The third-order valence-electron chi connectivity index (χ3n) is 3.54. The van der Waals surface area contributed by atoms with Gasteiger partial charge in [-0.25, -0.2) is 4.98 Å². The Morgan fingerprint density at radius 2 is 2.00 bits per heavy atom. The third-order valence-corrected chi connectivity index (χ3v) is 4.28. The molecule has 1 N–H and O–H groups in total. The molecule has 1 heterocycles. The average molecular weight is 350 g/mol. The van der Waals surface area contributed by atoms with E-state index in [1.807, 2.05) is 61.7 Å². The number of nitrogens with zero attached hydrogens (tertiary/aromatic N) is 1. The number of anilines is 1. The van der Waals surface area contributed by atoms with Crippen LogP contribution in [0.2, 0.25) is 0 Å². The molecule has 4 nitrogen and oxygen atoms in total. The van der Waals surface area contributed by atoms with E-state index in [4.69, 9.17) is 4.42 Å². The van der Waals surface area contributed by atoms with Gasteiger partial charge in [-0.1, -0.05) is 18.2 Å². The molecule has 0 aliphatic carbocycles. The van der Waals surface area contributed by atoms with Gasteiger partial charge in [0.15, 0.2) is 0 Å². The highest BCUT2D eigenvalue weighted by molar-refractivity contribution is 7.98. The number of aromatic nitrogens is 1. The number of benzene rings is 2. The van der Waals surface area contributed by atoms with Gasteiger partial charge in [0.1, 0.15) is 5.76 Å². The summed E-state index contributed by atoms with van der Waals surface area (Å²) in [6.07, 6.45) is 7.02. The van der Waals surface area contributed by atoms with E-state index >= 15 is 0 Å². The van der Waals surface area contributed by atoms with E-state index in [0.717, 1.165) is 16.9 Å². The number of thioether (sulfide) groups is 1. The smallest absolute Gasteiger partial charge is 0.248 e. The Balaban J connectivity index is 1.67. The summed E-state index contributed by atoms with van der Waals surface area (Å²) >= 11 is 1.69. The van der Waals surface area contributed by atoms with Crippen LogP contribution >= 0.6 is 11.8 Å². The molecule has 0 saturated heterocycles. The van der Waals surface area contributed by atoms with E-state index in [-0.39, 0.29) is 5.91 Å². The van der Waals surface area contributed by atoms with Gasteiger partial charge in [-0.15, -0.1) is 11.8 Å². The summed E-state index contributed by atoms with van der Waals surface area (Å²) in [5, 5.41) is 2.85. The summed E-state index contributed by atoms with van der Waals surface area (Å²) in [4.78, 5) is 17.5. The highest BCUT2D eigenvalue weighted by Gasteiger charge is 2.06. The molecule has 0 radical (unpaired) electrons. The molecule has 0 unspecified atom stereocenters. The van der Waals surface area contributed by atoms with E-state index in [1.54, 1.807) is 24.0 Å². The van der Waals surface area contributed by atoms with Crippen LogP contribution in [0.3, 0.4) is 0 Å². The van der Waals surface area contributed by atoms with Crippen molar-refractivity contribution in [3.63, 3.8) is 0 Å². The van der Waals surface area contributed by atoms with Crippen LogP contribution in [-0.4, -0.2) is 17.1 Å². The fraction of sp³-hybridized carbons (Fsp3) is 0.100.